The van der Waals surface area contributed by atoms with E-state index in [1.54, 1.807) is 0 Å². The first-order chi connectivity index (χ1) is 4.47. The van der Waals surface area contributed by atoms with Gasteiger partial charge in [0.25, 0.3) is 0 Å². The second-order valence-corrected chi connectivity index (χ2v) is 2.33. The molecular weight excluding hydrogens is 121 g/mol. The van der Waals surface area contributed by atoms with Crippen molar-refractivity contribution in [3.8, 4) is 0 Å². The fourth-order valence-corrected chi connectivity index (χ4v) is 1.24. The van der Waals surface area contributed by atoms with Crippen molar-refractivity contribution in [2.24, 2.45) is 0 Å². The van der Waals surface area contributed by atoms with Crippen molar-refractivity contribution in [2.75, 3.05) is 11.9 Å². The highest BCUT2D eigenvalue weighted by molar-refractivity contribution is 5.75. The fraction of sp³-hybridized carbons (Fsp3) is 0.250. The molecule has 0 aliphatic carbocycles. The van der Waals surface area contributed by atoms with Crippen LogP contribution < -0.4 is 5.32 Å². The number of benzene rings is 1. The second-order valence-electron chi connectivity index (χ2n) is 2.33. The summed E-state index contributed by atoms with van der Waals surface area (Å²) in [6, 6.07) is 8.46. The van der Waals surface area contributed by atoms with Crippen molar-refractivity contribution >= 4 is 14.1 Å². The Hall–Kier alpha value is -0.915. The number of nitrogens with one attached hydrogen (secondary N) is 1. The van der Waals surface area contributed by atoms with Crippen LogP contribution in [0.5, 0.6) is 0 Å². The van der Waals surface area contributed by atoms with Crippen LogP contribution in [0.3, 0.4) is 0 Å². The number of anilines is 1. The average Bonchev–Trinajstić information content (AvgIpc) is 2.33. The second kappa shape index (κ2) is 2.78. The van der Waals surface area contributed by atoms with E-state index in [1.807, 2.05) is 0 Å². The third kappa shape index (κ3) is 1.01. The van der Waals surface area contributed by atoms with Crippen LogP contribution in [0.25, 0.3) is 0 Å². The van der Waals surface area contributed by atoms with Gasteiger partial charge in [0.1, 0.15) is 0 Å². The lowest BCUT2D eigenvalue weighted by molar-refractivity contribution is 1.11. The molecule has 0 spiro atoms. The van der Waals surface area contributed by atoms with Crippen molar-refractivity contribution in [1.29, 1.82) is 0 Å². The molecule has 0 atom stereocenters. The van der Waals surface area contributed by atoms with E-state index in [1.165, 1.54) is 17.7 Å². The third-order valence-corrected chi connectivity index (χ3v) is 1.73. The molecule has 0 saturated carbocycles. The maximum absolute atomic E-state index is 3.30. The maximum Gasteiger partial charge on any atom is 0.0373 e. The molecule has 0 aromatic heterocycles. The molecule has 1 aliphatic rings. The molecule has 0 saturated heterocycles. The summed E-state index contributed by atoms with van der Waals surface area (Å²) in [5.41, 5.74) is 2.77. The van der Waals surface area contributed by atoms with E-state index in [0.29, 0.717) is 0 Å². The Balaban J connectivity index is 0.000000500. The Bertz CT molecular complexity index is 199. The van der Waals surface area contributed by atoms with Gasteiger partial charge in [0.05, 0.1) is 0 Å². The minimum Gasteiger partial charge on any atom is -0.384 e. The average molecular weight is 130 g/mol. The van der Waals surface area contributed by atoms with Crippen LogP contribution in [0.1, 0.15) is 5.56 Å². The highest BCUT2D eigenvalue weighted by atomic mass is 14.9. The third-order valence-electron chi connectivity index (χ3n) is 1.73. The lowest BCUT2D eigenvalue weighted by Gasteiger charge is -1.94. The summed E-state index contributed by atoms with van der Waals surface area (Å²) in [5.74, 6) is 0. The molecule has 1 N–H and O–H groups in total. The van der Waals surface area contributed by atoms with Crippen molar-refractivity contribution in [1.82, 2.24) is 0 Å². The summed E-state index contributed by atoms with van der Waals surface area (Å²) in [6.07, 6.45) is 1.19. The zero-order valence-electron chi connectivity index (χ0n) is 5.80. The molecule has 1 aromatic carbocycles. The van der Waals surface area contributed by atoms with Gasteiger partial charge in [-0.2, -0.15) is 0 Å². The van der Waals surface area contributed by atoms with Crippen LogP contribution in [0.2, 0.25) is 0 Å². The molecular formula is C8H9BN. The smallest absolute Gasteiger partial charge is 0.0373 e. The minimum absolute atomic E-state index is 0. The zero-order chi connectivity index (χ0) is 6.10. The summed E-state index contributed by atoms with van der Waals surface area (Å²) in [6.45, 7) is 1.11. The van der Waals surface area contributed by atoms with E-state index < -0.39 is 0 Å². The standard InChI is InChI=1S/C8H9N.B/c1-2-4-8-7(3-1)5-6-9-8;/h1-4,9H,5-6H2;. The van der Waals surface area contributed by atoms with E-state index >= 15 is 0 Å². The molecule has 0 unspecified atom stereocenters. The molecule has 1 nitrogen and oxygen atoms in total. The molecule has 10 heavy (non-hydrogen) atoms. The van der Waals surface area contributed by atoms with Crippen LogP contribution in [0, 0.1) is 0 Å². The Morgan fingerprint density at radius 1 is 1.20 bits per heavy atom. The van der Waals surface area contributed by atoms with Gasteiger partial charge < -0.3 is 5.32 Å². The van der Waals surface area contributed by atoms with Gasteiger partial charge in [-0.25, -0.2) is 0 Å². The highest BCUT2D eigenvalue weighted by Gasteiger charge is 2.05. The van der Waals surface area contributed by atoms with Gasteiger partial charge in [0.2, 0.25) is 0 Å². The number of rotatable bonds is 0. The first-order valence-electron chi connectivity index (χ1n) is 3.28. The minimum atomic E-state index is 0. The predicted octanol–water partition coefficient (Wildman–Crippen LogP) is 1.27. The molecule has 2 heteroatoms. The van der Waals surface area contributed by atoms with E-state index in [2.05, 4.69) is 29.6 Å². The fourth-order valence-electron chi connectivity index (χ4n) is 1.24. The first kappa shape index (κ1) is 7.20. The molecule has 1 aromatic rings. The Kier molecular flexibility index (Phi) is 2.00. The zero-order valence-corrected chi connectivity index (χ0v) is 5.80. The van der Waals surface area contributed by atoms with Crippen molar-refractivity contribution in [3.05, 3.63) is 29.8 Å². The quantitative estimate of drug-likeness (QED) is 0.521. The molecule has 49 valence electrons. The molecule has 0 amide bonds. The van der Waals surface area contributed by atoms with E-state index in [0.717, 1.165) is 6.54 Å². The molecule has 0 fully saturated rings. The Morgan fingerprint density at radius 3 is 2.80 bits per heavy atom. The van der Waals surface area contributed by atoms with Crippen molar-refractivity contribution in [3.63, 3.8) is 0 Å². The molecule has 1 heterocycles. The first-order valence-corrected chi connectivity index (χ1v) is 3.28. The van der Waals surface area contributed by atoms with Crippen molar-refractivity contribution < 1.29 is 0 Å². The number of para-hydroxylation sites is 1. The van der Waals surface area contributed by atoms with E-state index in [-0.39, 0.29) is 8.41 Å². The summed E-state index contributed by atoms with van der Waals surface area (Å²) in [7, 11) is 0. The predicted molar refractivity (Wildman–Crippen MR) is 44.4 cm³/mol. The summed E-state index contributed by atoms with van der Waals surface area (Å²) >= 11 is 0. The molecule has 3 radical (unpaired) electrons. The Morgan fingerprint density at radius 2 is 2.00 bits per heavy atom. The van der Waals surface area contributed by atoms with Crippen LogP contribution in [-0.4, -0.2) is 15.0 Å². The van der Waals surface area contributed by atoms with Crippen LogP contribution in [0.4, 0.5) is 5.69 Å². The van der Waals surface area contributed by atoms with Gasteiger partial charge in [-0.1, -0.05) is 18.2 Å². The van der Waals surface area contributed by atoms with Crippen LogP contribution in [0.15, 0.2) is 24.3 Å². The van der Waals surface area contributed by atoms with Gasteiger partial charge in [-0.15, -0.1) is 0 Å². The number of hydrogen-bond donors (Lipinski definition) is 1. The molecule has 1 aliphatic heterocycles. The van der Waals surface area contributed by atoms with E-state index in [9.17, 15) is 0 Å². The molecule has 0 bridgehead atoms. The lowest BCUT2D eigenvalue weighted by atomic mass is 10.2. The van der Waals surface area contributed by atoms with Gasteiger partial charge >= 0.3 is 0 Å². The molecule has 2 rings (SSSR count). The van der Waals surface area contributed by atoms with Gasteiger partial charge in [-0.05, 0) is 18.1 Å². The summed E-state index contributed by atoms with van der Waals surface area (Å²) in [4.78, 5) is 0. The van der Waals surface area contributed by atoms with Gasteiger partial charge in [0, 0.05) is 20.6 Å². The van der Waals surface area contributed by atoms with Gasteiger partial charge in [0.15, 0.2) is 0 Å². The largest absolute Gasteiger partial charge is 0.384 e. The Labute approximate surface area is 63.0 Å². The van der Waals surface area contributed by atoms with Crippen molar-refractivity contribution in [2.45, 2.75) is 6.42 Å². The lowest BCUT2D eigenvalue weighted by Crippen LogP contribution is -1.90. The SMILES string of the molecule is [B].c1ccc2c(c1)CCN2. The normalized spacial score (nSPS) is 13.2. The number of hydrogen-bond acceptors (Lipinski definition) is 1. The summed E-state index contributed by atoms with van der Waals surface area (Å²) < 4.78 is 0. The topological polar surface area (TPSA) is 12.0 Å². The number of fused-ring (bicyclic) bond motifs is 1. The highest BCUT2D eigenvalue weighted by Crippen LogP contribution is 2.19. The maximum atomic E-state index is 3.30. The van der Waals surface area contributed by atoms with Crippen LogP contribution in [-0.2, 0) is 6.42 Å². The summed E-state index contributed by atoms with van der Waals surface area (Å²) in [5, 5.41) is 3.30. The van der Waals surface area contributed by atoms with Crippen LogP contribution >= 0.6 is 0 Å². The van der Waals surface area contributed by atoms with Gasteiger partial charge in [-0.3, -0.25) is 0 Å². The monoisotopic (exact) mass is 130 g/mol. The van der Waals surface area contributed by atoms with E-state index in [4.69, 9.17) is 0 Å².